The van der Waals surface area contributed by atoms with E-state index in [0.29, 0.717) is 35.3 Å². The van der Waals surface area contributed by atoms with Crippen molar-refractivity contribution in [3.8, 4) is 5.75 Å². The minimum atomic E-state index is -0.651. The maximum Gasteiger partial charge on any atom is 0.160 e. The van der Waals surface area contributed by atoms with E-state index in [-0.39, 0.29) is 6.61 Å². The van der Waals surface area contributed by atoms with Crippen molar-refractivity contribution < 1.29 is 9.84 Å². The number of benzene rings is 1. The Balaban J connectivity index is 1.40. The molecule has 1 aromatic carbocycles. The first-order valence-electron chi connectivity index (χ1n) is 7.89. The molecule has 1 atom stereocenters. The molecule has 0 aliphatic heterocycles. The molecule has 2 heterocycles. The Bertz CT molecular complexity index is 840. The van der Waals surface area contributed by atoms with Crippen LogP contribution in [0.2, 0.25) is 10.0 Å². The summed E-state index contributed by atoms with van der Waals surface area (Å²) < 4.78 is 7.46. The van der Waals surface area contributed by atoms with Gasteiger partial charge in [-0.1, -0.05) is 29.3 Å². The molecule has 0 aliphatic rings. The quantitative estimate of drug-likeness (QED) is 0.587. The molecule has 132 valence electrons. The number of fused-ring (bicyclic) bond motifs is 1. The van der Waals surface area contributed by atoms with Gasteiger partial charge in [0.2, 0.25) is 0 Å². The Kier molecular flexibility index (Phi) is 6.09. The van der Waals surface area contributed by atoms with Crippen LogP contribution in [0.25, 0.3) is 5.65 Å². The summed E-state index contributed by atoms with van der Waals surface area (Å²) in [5, 5.41) is 22.4. The van der Waals surface area contributed by atoms with Crippen molar-refractivity contribution in [2.75, 3.05) is 19.7 Å². The molecule has 3 rings (SSSR count). The topological polar surface area (TPSA) is 71.7 Å². The van der Waals surface area contributed by atoms with Crippen molar-refractivity contribution in [1.29, 1.82) is 0 Å². The molecule has 0 spiro atoms. The molecule has 0 bridgehead atoms. The normalized spacial score (nSPS) is 12.4. The van der Waals surface area contributed by atoms with Crippen molar-refractivity contribution in [2.24, 2.45) is 0 Å². The van der Waals surface area contributed by atoms with E-state index >= 15 is 0 Å². The Morgan fingerprint density at radius 1 is 1.20 bits per heavy atom. The second kappa shape index (κ2) is 8.49. The third kappa shape index (κ3) is 4.83. The number of nitrogens with one attached hydrogen (secondary N) is 1. The summed E-state index contributed by atoms with van der Waals surface area (Å²) in [4.78, 5) is 0. The Labute approximate surface area is 155 Å². The molecule has 0 aliphatic carbocycles. The lowest BCUT2D eigenvalue weighted by molar-refractivity contribution is 0.106. The SMILES string of the molecule is OC(CNCCc1nnc2ccccn12)COc1ccc(Cl)cc1Cl. The number of ether oxygens (including phenoxy) is 1. The van der Waals surface area contributed by atoms with Crippen molar-refractivity contribution in [3.05, 3.63) is 58.5 Å². The summed E-state index contributed by atoms with van der Waals surface area (Å²) in [5.41, 5.74) is 0.825. The number of hydrogen-bond acceptors (Lipinski definition) is 5. The van der Waals surface area contributed by atoms with Gasteiger partial charge in [0, 0.05) is 30.7 Å². The second-order valence-corrected chi connectivity index (χ2v) is 6.38. The largest absolute Gasteiger partial charge is 0.489 e. The molecule has 2 aromatic heterocycles. The molecule has 0 saturated carbocycles. The second-order valence-electron chi connectivity index (χ2n) is 5.54. The smallest absolute Gasteiger partial charge is 0.160 e. The maximum absolute atomic E-state index is 10.00. The van der Waals surface area contributed by atoms with E-state index in [9.17, 15) is 5.11 Å². The number of aliphatic hydroxyl groups is 1. The Hall–Kier alpha value is -1.86. The number of aromatic nitrogens is 3. The highest BCUT2D eigenvalue weighted by Gasteiger charge is 2.09. The van der Waals surface area contributed by atoms with E-state index < -0.39 is 6.10 Å². The van der Waals surface area contributed by atoms with E-state index in [1.54, 1.807) is 18.2 Å². The molecular weight excluding hydrogens is 363 g/mol. The molecule has 1 unspecified atom stereocenters. The lowest BCUT2D eigenvalue weighted by atomic mass is 10.3. The fraction of sp³-hybridized carbons (Fsp3) is 0.294. The summed E-state index contributed by atoms with van der Waals surface area (Å²) >= 11 is 11.9. The molecule has 0 saturated heterocycles. The van der Waals surface area contributed by atoms with Gasteiger partial charge < -0.3 is 15.2 Å². The van der Waals surface area contributed by atoms with Crippen LogP contribution in [0.5, 0.6) is 5.75 Å². The predicted molar refractivity (Wildman–Crippen MR) is 97.5 cm³/mol. The van der Waals surface area contributed by atoms with Crippen LogP contribution in [0.15, 0.2) is 42.6 Å². The van der Waals surface area contributed by atoms with Gasteiger partial charge in [-0.05, 0) is 30.3 Å². The number of rotatable bonds is 8. The van der Waals surface area contributed by atoms with Crippen LogP contribution in [-0.2, 0) is 6.42 Å². The number of aliphatic hydroxyl groups excluding tert-OH is 1. The Morgan fingerprint density at radius 2 is 2.08 bits per heavy atom. The van der Waals surface area contributed by atoms with Crippen LogP contribution in [0.3, 0.4) is 0 Å². The number of halogens is 2. The van der Waals surface area contributed by atoms with Crippen LogP contribution < -0.4 is 10.1 Å². The molecule has 3 aromatic rings. The third-order valence-corrected chi connectivity index (χ3v) is 4.15. The van der Waals surface area contributed by atoms with Crippen LogP contribution in [0.1, 0.15) is 5.82 Å². The highest BCUT2D eigenvalue weighted by molar-refractivity contribution is 6.35. The highest BCUT2D eigenvalue weighted by atomic mass is 35.5. The van der Waals surface area contributed by atoms with E-state index in [0.717, 1.165) is 11.5 Å². The van der Waals surface area contributed by atoms with Gasteiger partial charge in [-0.25, -0.2) is 0 Å². The minimum Gasteiger partial charge on any atom is -0.489 e. The molecule has 0 radical (unpaired) electrons. The van der Waals surface area contributed by atoms with E-state index in [2.05, 4.69) is 15.5 Å². The zero-order chi connectivity index (χ0) is 17.6. The van der Waals surface area contributed by atoms with Crippen LogP contribution in [0, 0.1) is 0 Å². The molecule has 6 nitrogen and oxygen atoms in total. The van der Waals surface area contributed by atoms with Gasteiger partial charge in [-0.15, -0.1) is 10.2 Å². The zero-order valence-electron chi connectivity index (χ0n) is 13.4. The first-order chi connectivity index (χ1) is 12.1. The van der Waals surface area contributed by atoms with E-state index in [1.807, 2.05) is 28.8 Å². The molecule has 0 fully saturated rings. The van der Waals surface area contributed by atoms with Gasteiger partial charge in [-0.2, -0.15) is 0 Å². The summed E-state index contributed by atoms with van der Waals surface area (Å²) in [6, 6.07) is 10.8. The van der Waals surface area contributed by atoms with Gasteiger partial charge in [0.25, 0.3) is 0 Å². The zero-order valence-corrected chi connectivity index (χ0v) is 14.9. The van der Waals surface area contributed by atoms with Gasteiger partial charge in [0.1, 0.15) is 24.3 Å². The first-order valence-corrected chi connectivity index (χ1v) is 8.64. The molecule has 25 heavy (non-hydrogen) atoms. The van der Waals surface area contributed by atoms with Crippen LogP contribution in [0.4, 0.5) is 0 Å². The Morgan fingerprint density at radius 3 is 2.92 bits per heavy atom. The van der Waals surface area contributed by atoms with Crippen LogP contribution in [-0.4, -0.2) is 45.5 Å². The minimum absolute atomic E-state index is 0.141. The first kappa shape index (κ1) is 17.9. The van der Waals surface area contributed by atoms with E-state index in [1.165, 1.54) is 0 Å². The lowest BCUT2D eigenvalue weighted by Crippen LogP contribution is -2.32. The van der Waals surface area contributed by atoms with Gasteiger partial charge in [-0.3, -0.25) is 4.40 Å². The lowest BCUT2D eigenvalue weighted by Gasteiger charge is -2.14. The summed E-state index contributed by atoms with van der Waals surface area (Å²) in [6.07, 6.45) is 1.99. The monoisotopic (exact) mass is 380 g/mol. The van der Waals surface area contributed by atoms with Crippen molar-refractivity contribution in [1.82, 2.24) is 19.9 Å². The average Bonchev–Trinajstić information content (AvgIpc) is 3.01. The average molecular weight is 381 g/mol. The van der Waals surface area contributed by atoms with Crippen molar-refractivity contribution in [3.63, 3.8) is 0 Å². The molecule has 8 heteroatoms. The summed E-state index contributed by atoms with van der Waals surface area (Å²) in [7, 11) is 0. The summed E-state index contributed by atoms with van der Waals surface area (Å²) in [5.74, 6) is 1.38. The maximum atomic E-state index is 10.00. The predicted octanol–water partition coefficient (Wildman–Crippen LogP) is 2.61. The standard InChI is InChI=1S/C17H18Cl2N4O2/c18-12-4-5-15(14(19)9-12)25-11-13(24)10-20-7-6-17-22-21-16-3-1-2-8-23(16)17/h1-5,8-9,13,20,24H,6-7,10-11H2. The number of pyridine rings is 1. The third-order valence-electron chi connectivity index (χ3n) is 3.61. The van der Waals surface area contributed by atoms with E-state index in [4.69, 9.17) is 27.9 Å². The molecule has 0 amide bonds. The highest BCUT2D eigenvalue weighted by Crippen LogP contribution is 2.27. The molecular formula is C17H18Cl2N4O2. The van der Waals surface area contributed by atoms with Crippen molar-refractivity contribution >= 4 is 28.8 Å². The fourth-order valence-corrected chi connectivity index (χ4v) is 2.83. The number of nitrogens with zero attached hydrogens (tertiary/aromatic N) is 3. The van der Waals surface area contributed by atoms with Gasteiger partial charge >= 0.3 is 0 Å². The van der Waals surface area contributed by atoms with Gasteiger partial charge in [0.05, 0.1) is 5.02 Å². The van der Waals surface area contributed by atoms with Gasteiger partial charge in [0.15, 0.2) is 5.65 Å². The molecule has 2 N–H and O–H groups in total. The summed E-state index contributed by atoms with van der Waals surface area (Å²) in [6.45, 7) is 1.22. The fourth-order valence-electron chi connectivity index (χ4n) is 2.37. The van der Waals surface area contributed by atoms with Crippen LogP contribution >= 0.6 is 23.2 Å². The van der Waals surface area contributed by atoms with Crippen molar-refractivity contribution in [2.45, 2.75) is 12.5 Å². The number of hydrogen-bond donors (Lipinski definition) is 2.